The van der Waals surface area contributed by atoms with Crippen molar-refractivity contribution < 1.29 is 4.79 Å². The Kier molecular flexibility index (Phi) is 8.11. The van der Waals surface area contributed by atoms with E-state index < -0.39 is 0 Å². The van der Waals surface area contributed by atoms with E-state index in [1.165, 1.54) is 6.20 Å². The van der Waals surface area contributed by atoms with Crippen LogP contribution in [0, 0.1) is 0 Å². The van der Waals surface area contributed by atoms with E-state index in [0.29, 0.717) is 28.8 Å². The largest absolute Gasteiger partial charge is 0.382 e. The third-order valence-electron chi connectivity index (χ3n) is 3.74. The maximum atomic E-state index is 11.9. The van der Waals surface area contributed by atoms with Gasteiger partial charge in [0.15, 0.2) is 0 Å². The first-order valence-electron chi connectivity index (χ1n) is 8.69. The fourth-order valence-electron chi connectivity index (χ4n) is 2.35. The SMILES string of the molecule is CCNC(=O)c1cnc(N)c(NCCCNCCc2ccc(Cl)nc2)c1. The smallest absolute Gasteiger partial charge is 0.252 e. The van der Waals surface area contributed by atoms with Crippen LogP contribution in [0.4, 0.5) is 11.5 Å². The summed E-state index contributed by atoms with van der Waals surface area (Å²) in [4.78, 5) is 20.0. The standard InChI is InChI=1S/C18H25ClN6O/c1-2-22-18(26)14-10-15(17(20)25-12-14)23-8-3-7-21-9-6-13-4-5-16(19)24-11-13/h4-5,10-12,21,23H,2-3,6-9H2,1H3,(H2,20,25)(H,22,26). The average Bonchev–Trinajstić information content (AvgIpc) is 2.64. The van der Waals surface area contributed by atoms with Crippen LogP contribution in [0.25, 0.3) is 0 Å². The Bertz CT molecular complexity index is 707. The quantitative estimate of drug-likeness (QED) is 0.374. The molecular formula is C18H25ClN6O. The van der Waals surface area contributed by atoms with Gasteiger partial charge in [0.05, 0.1) is 11.3 Å². The molecule has 0 saturated carbocycles. The van der Waals surface area contributed by atoms with Gasteiger partial charge in [0.2, 0.25) is 0 Å². The number of nitrogens with two attached hydrogens (primary N) is 1. The summed E-state index contributed by atoms with van der Waals surface area (Å²) in [6.07, 6.45) is 5.11. The van der Waals surface area contributed by atoms with Crippen molar-refractivity contribution in [2.45, 2.75) is 19.8 Å². The van der Waals surface area contributed by atoms with Gasteiger partial charge in [0.25, 0.3) is 5.91 Å². The summed E-state index contributed by atoms with van der Waals surface area (Å²) in [6, 6.07) is 5.51. The van der Waals surface area contributed by atoms with E-state index in [1.54, 1.807) is 18.3 Å². The molecule has 0 spiro atoms. The maximum Gasteiger partial charge on any atom is 0.252 e. The third-order valence-corrected chi connectivity index (χ3v) is 3.97. The molecule has 2 aromatic heterocycles. The second kappa shape index (κ2) is 10.6. The van der Waals surface area contributed by atoms with E-state index in [0.717, 1.165) is 38.0 Å². The monoisotopic (exact) mass is 376 g/mol. The van der Waals surface area contributed by atoms with Gasteiger partial charge < -0.3 is 21.7 Å². The summed E-state index contributed by atoms with van der Waals surface area (Å²) >= 11 is 5.77. The van der Waals surface area contributed by atoms with E-state index in [9.17, 15) is 4.79 Å². The lowest BCUT2D eigenvalue weighted by Crippen LogP contribution is -2.23. The second-order valence-corrected chi connectivity index (χ2v) is 6.17. The lowest BCUT2D eigenvalue weighted by atomic mass is 10.2. The number of carbonyl (C=O) groups is 1. The van der Waals surface area contributed by atoms with Crippen molar-refractivity contribution >= 4 is 29.0 Å². The predicted octanol–water partition coefficient (Wildman–Crippen LogP) is 2.10. The summed E-state index contributed by atoms with van der Waals surface area (Å²) in [6.45, 7) is 4.93. The Morgan fingerprint density at radius 2 is 2.04 bits per heavy atom. The fraction of sp³-hybridized carbons (Fsp3) is 0.389. The van der Waals surface area contributed by atoms with Gasteiger partial charge in [-0.05, 0) is 50.6 Å². The molecule has 0 fully saturated rings. The molecule has 0 aromatic carbocycles. The predicted molar refractivity (Wildman–Crippen MR) is 106 cm³/mol. The summed E-state index contributed by atoms with van der Waals surface area (Å²) < 4.78 is 0. The van der Waals surface area contributed by atoms with E-state index in [4.69, 9.17) is 17.3 Å². The van der Waals surface area contributed by atoms with Crippen molar-refractivity contribution in [3.8, 4) is 0 Å². The third kappa shape index (κ3) is 6.50. The molecule has 140 valence electrons. The van der Waals surface area contributed by atoms with Crippen LogP contribution < -0.4 is 21.7 Å². The minimum absolute atomic E-state index is 0.151. The average molecular weight is 377 g/mol. The van der Waals surface area contributed by atoms with Crippen molar-refractivity contribution in [2.24, 2.45) is 0 Å². The minimum atomic E-state index is -0.151. The summed E-state index contributed by atoms with van der Waals surface area (Å²) in [5.41, 5.74) is 8.20. The first kappa shape index (κ1) is 19.9. The van der Waals surface area contributed by atoms with Crippen LogP contribution in [0.1, 0.15) is 29.3 Å². The van der Waals surface area contributed by atoms with E-state index in [-0.39, 0.29) is 5.91 Å². The van der Waals surface area contributed by atoms with Gasteiger partial charge in [-0.15, -0.1) is 0 Å². The first-order chi connectivity index (χ1) is 12.6. The lowest BCUT2D eigenvalue weighted by Gasteiger charge is -2.11. The number of anilines is 2. The molecule has 2 rings (SSSR count). The molecule has 0 radical (unpaired) electrons. The number of halogens is 1. The molecule has 2 aromatic rings. The molecule has 0 aliphatic carbocycles. The van der Waals surface area contributed by atoms with Crippen LogP contribution in [0.15, 0.2) is 30.6 Å². The van der Waals surface area contributed by atoms with Gasteiger partial charge in [-0.2, -0.15) is 0 Å². The Labute approximate surface area is 158 Å². The number of hydrogen-bond acceptors (Lipinski definition) is 6. The molecule has 0 atom stereocenters. The number of pyridine rings is 2. The van der Waals surface area contributed by atoms with Crippen molar-refractivity contribution in [3.63, 3.8) is 0 Å². The molecule has 8 heteroatoms. The van der Waals surface area contributed by atoms with E-state index >= 15 is 0 Å². The number of rotatable bonds is 10. The van der Waals surface area contributed by atoms with Crippen molar-refractivity contribution in [2.75, 3.05) is 37.2 Å². The Hall–Kier alpha value is -2.38. The van der Waals surface area contributed by atoms with Crippen molar-refractivity contribution in [3.05, 3.63) is 46.9 Å². The highest BCUT2D eigenvalue weighted by atomic mass is 35.5. The zero-order valence-corrected chi connectivity index (χ0v) is 15.6. The molecule has 7 nitrogen and oxygen atoms in total. The van der Waals surface area contributed by atoms with Gasteiger partial charge in [-0.25, -0.2) is 9.97 Å². The van der Waals surface area contributed by atoms with Crippen LogP contribution in [0.3, 0.4) is 0 Å². The van der Waals surface area contributed by atoms with Crippen LogP contribution in [0.2, 0.25) is 5.15 Å². The topological polar surface area (TPSA) is 105 Å². The molecule has 0 aliphatic rings. The van der Waals surface area contributed by atoms with Crippen molar-refractivity contribution in [1.82, 2.24) is 20.6 Å². The number of nitrogen functional groups attached to an aromatic ring is 1. The molecule has 1 amide bonds. The van der Waals surface area contributed by atoms with E-state index in [2.05, 4.69) is 25.9 Å². The molecule has 0 bridgehead atoms. The number of nitrogens with one attached hydrogen (secondary N) is 3. The zero-order chi connectivity index (χ0) is 18.8. The highest BCUT2D eigenvalue weighted by molar-refractivity contribution is 6.29. The number of hydrogen-bond donors (Lipinski definition) is 4. The molecule has 0 unspecified atom stereocenters. The van der Waals surface area contributed by atoms with Crippen molar-refractivity contribution in [1.29, 1.82) is 0 Å². The molecule has 0 aliphatic heterocycles. The van der Waals surface area contributed by atoms with Gasteiger partial charge >= 0.3 is 0 Å². The maximum absolute atomic E-state index is 11.9. The van der Waals surface area contributed by atoms with Crippen LogP contribution in [-0.2, 0) is 6.42 Å². The highest BCUT2D eigenvalue weighted by Gasteiger charge is 2.08. The fourth-order valence-corrected chi connectivity index (χ4v) is 2.46. The van der Waals surface area contributed by atoms with Gasteiger partial charge in [0.1, 0.15) is 11.0 Å². The van der Waals surface area contributed by atoms with Gasteiger partial charge in [-0.3, -0.25) is 4.79 Å². The molecular weight excluding hydrogens is 352 g/mol. The first-order valence-corrected chi connectivity index (χ1v) is 9.06. The van der Waals surface area contributed by atoms with Gasteiger partial charge in [0, 0.05) is 25.5 Å². The molecule has 2 heterocycles. The number of carbonyl (C=O) groups excluding carboxylic acids is 1. The van der Waals surface area contributed by atoms with Crippen LogP contribution in [-0.4, -0.2) is 42.1 Å². The van der Waals surface area contributed by atoms with Gasteiger partial charge in [-0.1, -0.05) is 17.7 Å². The number of aromatic nitrogens is 2. The molecule has 26 heavy (non-hydrogen) atoms. The Balaban J connectivity index is 1.67. The normalized spacial score (nSPS) is 10.5. The molecule has 5 N–H and O–H groups in total. The van der Waals surface area contributed by atoms with Crippen LogP contribution >= 0.6 is 11.6 Å². The summed E-state index contributed by atoms with van der Waals surface area (Å²) in [5.74, 6) is 0.239. The Morgan fingerprint density at radius 3 is 2.77 bits per heavy atom. The van der Waals surface area contributed by atoms with Crippen LogP contribution in [0.5, 0.6) is 0 Å². The zero-order valence-electron chi connectivity index (χ0n) is 14.9. The number of amides is 1. The Morgan fingerprint density at radius 1 is 1.19 bits per heavy atom. The number of nitrogens with zero attached hydrogens (tertiary/aromatic N) is 2. The molecule has 0 saturated heterocycles. The summed E-state index contributed by atoms with van der Waals surface area (Å²) in [7, 11) is 0. The lowest BCUT2D eigenvalue weighted by molar-refractivity contribution is 0.0955. The summed E-state index contributed by atoms with van der Waals surface area (Å²) in [5, 5.41) is 9.87. The highest BCUT2D eigenvalue weighted by Crippen LogP contribution is 2.17. The second-order valence-electron chi connectivity index (χ2n) is 5.79. The van der Waals surface area contributed by atoms with E-state index in [1.807, 2.05) is 13.0 Å². The minimum Gasteiger partial charge on any atom is -0.382 e.